The van der Waals surface area contributed by atoms with E-state index in [1.54, 1.807) is 20.8 Å². The molecule has 3 rings (SSSR count). The highest BCUT2D eigenvalue weighted by atomic mass is 19.3. The highest BCUT2D eigenvalue weighted by Gasteiger charge is 2.50. The number of aliphatic hydroxyl groups is 2. The molecule has 2 aliphatic rings. The number of aryl methyl sites for hydroxylation is 1. The maximum atomic E-state index is 15.0. The molecule has 0 fully saturated rings. The van der Waals surface area contributed by atoms with E-state index in [0.717, 1.165) is 0 Å². The highest BCUT2D eigenvalue weighted by Crippen LogP contribution is 2.44. The van der Waals surface area contributed by atoms with E-state index in [9.17, 15) is 23.8 Å². The molecule has 1 aromatic heterocycles. The molecule has 0 spiro atoms. The molecule has 1 amide bonds. The van der Waals surface area contributed by atoms with Crippen LogP contribution in [0.1, 0.15) is 57.5 Å². The topological polar surface area (TPSA) is 87.8 Å². The van der Waals surface area contributed by atoms with Crippen LogP contribution >= 0.6 is 0 Å². The van der Waals surface area contributed by atoms with Crippen LogP contribution in [-0.2, 0) is 30.2 Å². The normalized spacial score (nSPS) is 27.6. The third kappa shape index (κ3) is 3.80. The second-order valence-corrected chi connectivity index (χ2v) is 8.67. The third-order valence-corrected chi connectivity index (χ3v) is 5.09. The van der Waals surface area contributed by atoms with Gasteiger partial charge in [-0.2, -0.15) is 13.9 Å². The van der Waals surface area contributed by atoms with E-state index in [2.05, 4.69) is 5.10 Å². The van der Waals surface area contributed by atoms with Crippen molar-refractivity contribution in [2.75, 3.05) is 6.61 Å². The number of hydrogen-bond acceptors (Lipinski definition) is 5. The number of amides is 1. The Morgan fingerprint density at radius 3 is 2.67 bits per heavy atom. The van der Waals surface area contributed by atoms with Crippen molar-refractivity contribution in [3.8, 4) is 0 Å². The number of hydrogen-bond donors (Lipinski definition) is 2. The van der Waals surface area contributed by atoms with Gasteiger partial charge in [0, 0.05) is 31.0 Å². The molecule has 0 bridgehead atoms. The van der Waals surface area contributed by atoms with Crippen LogP contribution in [0.5, 0.6) is 0 Å². The second-order valence-electron chi connectivity index (χ2n) is 8.67. The molecular weight excluding hydrogens is 360 g/mol. The summed E-state index contributed by atoms with van der Waals surface area (Å²) in [7, 11) is 0. The lowest BCUT2D eigenvalue weighted by Gasteiger charge is -2.35. The van der Waals surface area contributed by atoms with Gasteiger partial charge in [0.25, 0.3) is 5.92 Å². The maximum absolute atomic E-state index is 15.0. The summed E-state index contributed by atoms with van der Waals surface area (Å²) in [5, 5.41) is 23.9. The van der Waals surface area contributed by atoms with Crippen LogP contribution in [-0.4, -0.2) is 54.8 Å². The number of nitrogens with zero attached hydrogens (tertiary/aromatic N) is 3. The number of halogens is 2. The molecule has 9 heteroatoms. The lowest BCUT2D eigenvalue weighted by atomic mass is 9.90. The fourth-order valence-electron chi connectivity index (χ4n) is 3.77. The Balaban J connectivity index is 1.96. The predicted molar refractivity (Wildman–Crippen MR) is 92.3 cm³/mol. The number of carbonyl (C=O) groups is 1. The van der Waals surface area contributed by atoms with Crippen molar-refractivity contribution in [2.24, 2.45) is 0 Å². The predicted octanol–water partition coefficient (Wildman–Crippen LogP) is 2.17. The van der Waals surface area contributed by atoms with E-state index in [-0.39, 0.29) is 31.2 Å². The Kier molecular flexibility index (Phi) is 4.75. The van der Waals surface area contributed by atoms with Crippen molar-refractivity contribution in [1.29, 1.82) is 0 Å². The van der Waals surface area contributed by atoms with Gasteiger partial charge >= 0.3 is 6.09 Å². The fraction of sp³-hybridized carbons (Fsp3) is 0.778. The van der Waals surface area contributed by atoms with E-state index in [0.29, 0.717) is 17.7 Å². The zero-order valence-electron chi connectivity index (χ0n) is 16.1. The number of rotatable bonds is 1. The Hall–Kier alpha value is -1.74. The summed E-state index contributed by atoms with van der Waals surface area (Å²) in [5.74, 6) is -3.37. The smallest absolute Gasteiger partial charge is 0.410 e. The highest BCUT2D eigenvalue weighted by molar-refractivity contribution is 5.69. The van der Waals surface area contributed by atoms with Crippen LogP contribution in [0.2, 0.25) is 0 Å². The van der Waals surface area contributed by atoms with Crippen molar-refractivity contribution < 1.29 is 28.5 Å². The molecule has 27 heavy (non-hydrogen) atoms. The number of ether oxygens (including phenoxy) is 1. The SMILES string of the molecule is C[C@@H]1Cc2nn3c(c2CN1C(=O)OC(C)(C)C)C(F)(F)C[C@](O)(CO)CC3. The van der Waals surface area contributed by atoms with Crippen molar-refractivity contribution in [3.05, 3.63) is 17.0 Å². The third-order valence-electron chi connectivity index (χ3n) is 5.09. The van der Waals surface area contributed by atoms with Crippen LogP contribution < -0.4 is 0 Å². The zero-order chi connectivity index (χ0) is 20.2. The lowest BCUT2D eigenvalue weighted by Crippen LogP contribution is -2.45. The first-order valence-electron chi connectivity index (χ1n) is 9.15. The Labute approximate surface area is 156 Å². The largest absolute Gasteiger partial charge is 0.444 e. The number of aliphatic hydroxyl groups excluding tert-OH is 1. The van der Waals surface area contributed by atoms with Gasteiger partial charge in [0.05, 0.1) is 24.4 Å². The maximum Gasteiger partial charge on any atom is 0.410 e. The monoisotopic (exact) mass is 387 g/mol. The van der Waals surface area contributed by atoms with Gasteiger partial charge in [-0.15, -0.1) is 0 Å². The van der Waals surface area contributed by atoms with E-state index in [1.165, 1.54) is 9.58 Å². The number of fused-ring (bicyclic) bond motifs is 3. The van der Waals surface area contributed by atoms with Gasteiger partial charge in [-0.1, -0.05) is 0 Å². The average molecular weight is 387 g/mol. The minimum atomic E-state index is -3.37. The van der Waals surface area contributed by atoms with Crippen molar-refractivity contribution >= 4 is 6.09 Å². The Bertz CT molecular complexity index is 744. The van der Waals surface area contributed by atoms with Crippen molar-refractivity contribution in [1.82, 2.24) is 14.7 Å². The lowest BCUT2D eigenvalue weighted by molar-refractivity contribution is -0.112. The van der Waals surface area contributed by atoms with Gasteiger partial charge in [-0.3, -0.25) is 4.68 Å². The molecule has 0 aliphatic carbocycles. The summed E-state index contributed by atoms with van der Waals surface area (Å²) in [6.07, 6.45) is -1.09. The number of alkyl halides is 2. The van der Waals surface area contributed by atoms with Crippen molar-refractivity contribution in [3.63, 3.8) is 0 Å². The molecule has 0 saturated heterocycles. The van der Waals surface area contributed by atoms with E-state index >= 15 is 0 Å². The minimum Gasteiger partial charge on any atom is -0.444 e. The fourth-order valence-corrected chi connectivity index (χ4v) is 3.77. The van der Waals surface area contributed by atoms with Gasteiger partial charge < -0.3 is 19.8 Å². The first-order valence-corrected chi connectivity index (χ1v) is 9.15. The minimum absolute atomic E-state index is 0.0159. The molecule has 152 valence electrons. The quantitative estimate of drug-likeness (QED) is 0.771. The molecule has 2 aliphatic heterocycles. The Morgan fingerprint density at radius 2 is 2.07 bits per heavy atom. The Morgan fingerprint density at radius 1 is 1.41 bits per heavy atom. The molecule has 0 aromatic carbocycles. The van der Waals surface area contributed by atoms with Crippen LogP contribution in [0.15, 0.2) is 0 Å². The molecule has 2 atom stereocenters. The van der Waals surface area contributed by atoms with Gasteiger partial charge in [0.15, 0.2) is 0 Å². The molecule has 2 N–H and O–H groups in total. The second kappa shape index (κ2) is 6.41. The summed E-state index contributed by atoms with van der Waals surface area (Å²) < 4.78 is 36.6. The van der Waals surface area contributed by atoms with Gasteiger partial charge in [0.1, 0.15) is 11.3 Å². The molecule has 7 nitrogen and oxygen atoms in total. The first-order chi connectivity index (χ1) is 12.4. The van der Waals surface area contributed by atoms with E-state index in [4.69, 9.17) is 4.74 Å². The summed E-state index contributed by atoms with van der Waals surface area (Å²) in [6, 6.07) is -0.227. The van der Waals surface area contributed by atoms with E-state index in [1.807, 2.05) is 6.92 Å². The van der Waals surface area contributed by atoms with Crippen LogP contribution in [0.3, 0.4) is 0 Å². The van der Waals surface area contributed by atoms with Crippen molar-refractivity contribution in [2.45, 2.75) is 83.2 Å². The van der Waals surface area contributed by atoms with Gasteiger partial charge in [-0.05, 0) is 34.1 Å². The van der Waals surface area contributed by atoms with Gasteiger partial charge in [0.2, 0.25) is 0 Å². The molecule has 1 aromatic rings. The van der Waals surface area contributed by atoms with Crippen LogP contribution in [0.25, 0.3) is 0 Å². The molecule has 0 radical (unpaired) electrons. The summed E-state index contributed by atoms with van der Waals surface area (Å²) in [4.78, 5) is 14.0. The van der Waals surface area contributed by atoms with Crippen LogP contribution in [0, 0.1) is 0 Å². The molecule has 0 unspecified atom stereocenters. The standard InChI is InChI=1S/C18H27F2N3O4/c1-11-7-13-12(8-22(11)15(25)27-16(2,3)4)14-18(19,20)9-17(26,10-24)5-6-23(14)21-13/h11,24,26H,5-10H2,1-4H3/t11-,17+/m1/s1. The molecular formula is C18H27F2N3O4. The zero-order valence-corrected chi connectivity index (χ0v) is 16.1. The van der Waals surface area contributed by atoms with E-state index < -0.39 is 36.2 Å². The summed E-state index contributed by atoms with van der Waals surface area (Å²) in [5.41, 5.74) is -1.96. The number of aromatic nitrogens is 2. The number of carbonyl (C=O) groups excluding carboxylic acids is 1. The molecule has 0 saturated carbocycles. The average Bonchev–Trinajstić information content (AvgIpc) is 2.83. The summed E-state index contributed by atoms with van der Waals surface area (Å²) >= 11 is 0. The first kappa shape index (κ1) is 20.0. The van der Waals surface area contributed by atoms with Gasteiger partial charge in [-0.25, -0.2) is 4.79 Å². The molecule has 3 heterocycles. The summed E-state index contributed by atoms with van der Waals surface area (Å²) in [6.45, 7) is 6.41. The van der Waals surface area contributed by atoms with Crippen LogP contribution in [0.4, 0.5) is 13.6 Å².